The van der Waals surface area contributed by atoms with E-state index in [2.05, 4.69) is 24.0 Å². The average Bonchev–Trinajstić information content (AvgIpc) is 3.26. The molecule has 3 aliphatic heterocycles. The molecular formula is C24H30N2O4. The first-order valence-corrected chi connectivity index (χ1v) is 10.9. The number of hydrogen-bond donors (Lipinski definition) is 0. The van der Waals surface area contributed by atoms with Crippen molar-refractivity contribution < 1.29 is 19.1 Å². The number of fused-ring (bicyclic) bond motifs is 2. The van der Waals surface area contributed by atoms with Gasteiger partial charge in [-0.25, -0.2) is 0 Å². The highest BCUT2D eigenvalue weighted by Gasteiger charge is 2.68. The van der Waals surface area contributed by atoms with Crippen LogP contribution >= 0.6 is 0 Å². The highest BCUT2D eigenvalue weighted by molar-refractivity contribution is 5.96. The van der Waals surface area contributed by atoms with E-state index in [1.165, 1.54) is 18.1 Å². The number of ether oxygens (including phenoxy) is 2. The van der Waals surface area contributed by atoms with Crippen LogP contribution in [0.25, 0.3) is 0 Å². The summed E-state index contributed by atoms with van der Waals surface area (Å²) in [7, 11) is 1.66. The number of esters is 1. The van der Waals surface area contributed by atoms with E-state index in [9.17, 15) is 9.59 Å². The normalized spacial score (nSPS) is 35.2. The first kappa shape index (κ1) is 19.6. The monoisotopic (exact) mass is 410 g/mol. The molecule has 1 aromatic rings. The molecule has 1 spiro atoms. The third-order valence-electron chi connectivity index (χ3n) is 8.07. The molecule has 1 amide bonds. The SMILES string of the molecule is CC=C1CN2CC[C@]34c5ccc(OC)cc5N(C(C)=O)[C@H]3[C@H](COC(C)=O)[C@H]1C[C@H]24. The third kappa shape index (κ3) is 2.46. The van der Waals surface area contributed by atoms with E-state index in [4.69, 9.17) is 9.47 Å². The molecule has 1 saturated carbocycles. The van der Waals surface area contributed by atoms with Crippen molar-refractivity contribution >= 4 is 17.6 Å². The summed E-state index contributed by atoms with van der Waals surface area (Å²) in [6.45, 7) is 7.58. The Morgan fingerprint density at radius 3 is 2.77 bits per heavy atom. The first-order valence-electron chi connectivity index (χ1n) is 10.9. The van der Waals surface area contributed by atoms with Crippen LogP contribution in [0.1, 0.15) is 39.2 Å². The number of allylic oxidation sites excluding steroid dienone is 1. The second kappa shape index (κ2) is 6.84. The van der Waals surface area contributed by atoms with Crippen LogP contribution < -0.4 is 9.64 Å². The van der Waals surface area contributed by atoms with Crippen LogP contribution in [0.15, 0.2) is 29.8 Å². The quantitative estimate of drug-likeness (QED) is 0.567. The van der Waals surface area contributed by atoms with Gasteiger partial charge in [0.15, 0.2) is 0 Å². The van der Waals surface area contributed by atoms with E-state index in [0.717, 1.165) is 37.4 Å². The molecule has 5 atom stereocenters. The molecular weight excluding hydrogens is 380 g/mol. The Morgan fingerprint density at radius 2 is 2.10 bits per heavy atom. The summed E-state index contributed by atoms with van der Waals surface area (Å²) in [6, 6.07) is 6.59. The van der Waals surface area contributed by atoms with Crippen LogP contribution in [0.5, 0.6) is 5.75 Å². The molecule has 6 heteroatoms. The lowest BCUT2D eigenvalue weighted by molar-refractivity contribution is -0.144. The fraction of sp³-hybridized carbons (Fsp3) is 0.583. The predicted octanol–water partition coefficient (Wildman–Crippen LogP) is 2.90. The highest BCUT2D eigenvalue weighted by atomic mass is 16.5. The molecule has 1 aromatic carbocycles. The maximum absolute atomic E-state index is 13.0. The van der Waals surface area contributed by atoms with Gasteiger partial charge in [-0.3, -0.25) is 14.5 Å². The van der Waals surface area contributed by atoms with Crippen molar-refractivity contribution in [3.8, 4) is 5.75 Å². The lowest BCUT2D eigenvalue weighted by Gasteiger charge is -2.56. The second-order valence-corrected chi connectivity index (χ2v) is 9.17. The van der Waals surface area contributed by atoms with Crippen LogP contribution in [0.3, 0.4) is 0 Å². The number of benzene rings is 1. The molecule has 4 aliphatic rings. The fourth-order valence-electron chi connectivity index (χ4n) is 7.03. The minimum atomic E-state index is -0.261. The van der Waals surface area contributed by atoms with Gasteiger partial charge in [-0.2, -0.15) is 0 Å². The number of carbonyl (C=O) groups excluding carboxylic acids is 2. The number of anilines is 1. The van der Waals surface area contributed by atoms with E-state index < -0.39 is 0 Å². The Morgan fingerprint density at radius 1 is 1.30 bits per heavy atom. The molecule has 3 fully saturated rings. The topological polar surface area (TPSA) is 59.1 Å². The summed E-state index contributed by atoms with van der Waals surface area (Å²) in [4.78, 5) is 29.4. The maximum atomic E-state index is 13.0. The lowest BCUT2D eigenvalue weighted by Crippen LogP contribution is -2.65. The van der Waals surface area contributed by atoms with Crippen molar-refractivity contribution in [1.29, 1.82) is 0 Å². The standard InChI is InChI=1S/C24H30N2O4/c1-5-16-12-25-9-8-24-20-7-6-17(29-4)10-21(20)26(14(2)27)23(24)19(13-30-15(3)28)18(16)11-22(24)25/h5-7,10,18-19,22-23H,8-9,11-13H2,1-4H3/t18-,19+,22-,23-,24+/m0/s1. The van der Waals surface area contributed by atoms with Gasteiger partial charge in [-0.1, -0.05) is 17.7 Å². The van der Waals surface area contributed by atoms with Gasteiger partial charge in [-0.05, 0) is 43.9 Å². The maximum Gasteiger partial charge on any atom is 0.302 e. The molecule has 30 heavy (non-hydrogen) atoms. The highest BCUT2D eigenvalue weighted by Crippen LogP contribution is 2.63. The molecule has 1 aliphatic carbocycles. The number of methoxy groups -OCH3 is 1. The Bertz CT molecular complexity index is 941. The number of nitrogens with zero attached hydrogens (tertiary/aromatic N) is 2. The van der Waals surface area contributed by atoms with E-state index in [0.29, 0.717) is 18.6 Å². The zero-order valence-corrected chi connectivity index (χ0v) is 18.2. The molecule has 0 unspecified atom stereocenters. The van der Waals surface area contributed by atoms with Gasteiger partial charge < -0.3 is 14.4 Å². The van der Waals surface area contributed by atoms with Gasteiger partial charge in [0.2, 0.25) is 5.91 Å². The van der Waals surface area contributed by atoms with Gasteiger partial charge in [0.1, 0.15) is 5.75 Å². The number of rotatable bonds is 3. The molecule has 0 aromatic heterocycles. The number of amides is 1. The molecule has 2 saturated heterocycles. The predicted molar refractivity (Wildman–Crippen MR) is 114 cm³/mol. The number of piperidine rings is 1. The summed E-state index contributed by atoms with van der Waals surface area (Å²) < 4.78 is 11.1. The molecule has 3 heterocycles. The van der Waals surface area contributed by atoms with Gasteiger partial charge in [0, 0.05) is 43.8 Å². The fourth-order valence-corrected chi connectivity index (χ4v) is 7.03. The third-order valence-corrected chi connectivity index (χ3v) is 8.07. The molecule has 5 rings (SSSR count). The first-order chi connectivity index (χ1) is 14.4. The Kier molecular flexibility index (Phi) is 4.47. The van der Waals surface area contributed by atoms with E-state index >= 15 is 0 Å². The van der Waals surface area contributed by atoms with E-state index in [1.807, 2.05) is 17.0 Å². The van der Waals surface area contributed by atoms with Crippen LogP contribution in [0.2, 0.25) is 0 Å². The summed E-state index contributed by atoms with van der Waals surface area (Å²) in [5, 5.41) is 0. The van der Waals surface area contributed by atoms with Crippen molar-refractivity contribution in [3.05, 3.63) is 35.4 Å². The molecule has 6 nitrogen and oxygen atoms in total. The number of carbonyl (C=O) groups is 2. The zero-order valence-electron chi connectivity index (χ0n) is 18.2. The summed E-state index contributed by atoms with van der Waals surface area (Å²) in [5.74, 6) is 0.950. The molecule has 160 valence electrons. The molecule has 0 N–H and O–H groups in total. The van der Waals surface area contributed by atoms with Gasteiger partial charge in [-0.15, -0.1) is 0 Å². The van der Waals surface area contributed by atoms with Crippen LogP contribution in [0.4, 0.5) is 5.69 Å². The summed E-state index contributed by atoms with van der Waals surface area (Å²) in [6.07, 6.45) is 4.31. The Balaban J connectivity index is 1.71. The molecule has 0 radical (unpaired) electrons. The van der Waals surface area contributed by atoms with Crippen molar-refractivity contribution in [3.63, 3.8) is 0 Å². The van der Waals surface area contributed by atoms with Gasteiger partial charge in [0.05, 0.1) is 25.4 Å². The lowest BCUT2D eigenvalue weighted by atomic mass is 9.55. The minimum absolute atomic E-state index is 0.0135. The Hall–Kier alpha value is -2.34. The van der Waals surface area contributed by atoms with Crippen molar-refractivity contribution in [2.75, 3.05) is 31.7 Å². The van der Waals surface area contributed by atoms with Gasteiger partial charge in [0.25, 0.3) is 0 Å². The van der Waals surface area contributed by atoms with E-state index in [1.54, 1.807) is 14.0 Å². The smallest absolute Gasteiger partial charge is 0.302 e. The van der Waals surface area contributed by atoms with Crippen molar-refractivity contribution in [2.24, 2.45) is 11.8 Å². The largest absolute Gasteiger partial charge is 0.497 e. The van der Waals surface area contributed by atoms with Crippen molar-refractivity contribution in [2.45, 2.75) is 51.1 Å². The Labute approximate surface area is 177 Å². The van der Waals surface area contributed by atoms with Crippen molar-refractivity contribution in [1.82, 2.24) is 4.90 Å². The number of hydrogen-bond acceptors (Lipinski definition) is 5. The average molecular weight is 411 g/mol. The van der Waals surface area contributed by atoms with Crippen LogP contribution in [-0.4, -0.2) is 55.7 Å². The minimum Gasteiger partial charge on any atom is -0.497 e. The zero-order chi connectivity index (χ0) is 21.2. The summed E-state index contributed by atoms with van der Waals surface area (Å²) >= 11 is 0. The summed E-state index contributed by atoms with van der Waals surface area (Å²) in [5.41, 5.74) is 3.52. The van der Waals surface area contributed by atoms with Crippen LogP contribution in [-0.2, 0) is 19.7 Å². The second-order valence-electron chi connectivity index (χ2n) is 9.17. The van der Waals surface area contributed by atoms with Crippen LogP contribution in [0, 0.1) is 11.8 Å². The van der Waals surface area contributed by atoms with E-state index in [-0.39, 0.29) is 29.3 Å². The van der Waals surface area contributed by atoms with Gasteiger partial charge >= 0.3 is 5.97 Å². The molecule has 2 bridgehead atoms.